The zero-order chi connectivity index (χ0) is 19.2. The fourth-order valence-corrected chi connectivity index (χ4v) is 2.95. The number of hydrogen-bond acceptors (Lipinski definition) is 4. The Morgan fingerprint density at radius 2 is 1.90 bits per heavy atom. The first-order chi connectivity index (χ1) is 13.8. The molecular formula is C21H24IN5O2. The van der Waals surface area contributed by atoms with Crippen molar-refractivity contribution in [2.24, 2.45) is 10.7 Å². The van der Waals surface area contributed by atoms with Crippen molar-refractivity contribution in [1.29, 1.82) is 0 Å². The number of nitrogens with two attached hydrogens (primary N) is 1. The number of aliphatic imine (C=N–C) groups is 1. The van der Waals surface area contributed by atoms with Gasteiger partial charge in [-0.05, 0) is 36.2 Å². The van der Waals surface area contributed by atoms with Gasteiger partial charge in [-0.2, -0.15) is 5.10 Å². The molecule has 0 fully saturated rings. The number of nitrogens with zero attached hydrogens (tertiary/aromatic N) is 3. The number of ether oxygens (including phenoxy) is 2. The normalized spacial score (nSPS) is 13.3. The lowest BCUT2D eigenvalue weighted by Crippen LogP contribution is -2.23. The van der Waals surface area contributed by atoms with Crippen LogP contribution >= 0.6 is 24.0 Å². The van der Waals surface area contributed by atoms with Crippen LogP contribution in [0.15, 0.2) is 65.9 Å². The van der Waals surface area contributed by atoms with Gasteiger partial charge in [0.05, 0.1) is 25.1 Å². The van der Waals surface area contributed by atoms with Crippen LogP contribution in [0.5, 0.6) is 11.5 Å². The lowest BCUT2D eigenvalue weighted by atomic mass is 10.2. The molecule has 4 rings (SSSR count). The lowest BCUT2D eigenvalue weighted by Gasteiger charge is -2.10. The second kappa shape index (κ2) is 10.1. The molecule has 2 heterocycles. The van der Waals surface area contributed by atoms with Gasteiger partial charge in [0.15, 0.2) is 17.5 Å². The Morgan fingerprint density at radius 3 is 2.72 bits per heavy atom. The molecule has 0 bridgehead atoms. The maximum Gasteiger partial charge on any atom is 0.193 e. The molecule has 0 saturated carbocycles. The highest BCUT2D eigenvalue weighted by atomic mass is 127. The van der Waals surface area contributed by atoms with Gasteiger partial charge in [0.25, 0.3) is 0 Å². The molecule has 3 aromatic rings. The Kier molecular flexibility index (Phi) is 7.34. The van der Waals surface area contributed by atoms with E-state index in [0.29, 0.717) is 25.7 Å². The number of nitrogens with one attached hydrogen (secondary N) is 1. The number of benzene rings is 2. The van der Waals surface area contributed by atoms with Crippen LogP contribution in [0, 0.1) is 0 Å². The quantitative estimate of drug-likeness (QED) is 0.314. The van der Waals surface area contributed by atoms with Crippen LogP contribution < -0.4 is 20.5 Å². The van der Waals surface area contributed by atoms with Crippen molar-refractivity contribution >= 4 is 35.6 Å². The van der Waals surface area contributed by atoms with E-state index in [0.717, 1.165) is 41.3 Å². The van der Waals surface area contributed by atoms with Gasteiger partial charge >= 0.3 is 0 Å². The fraction of sp³-hybridized carbons (Fsp3) is 0.238. The minimum Gasteiger partial charge on any atom is -0.490 e. The van der Waals surface area contributed by atoms with Gasteiger partial charge in [0.2, 0.25) is 0 Å². The second-order valence-corrected chi connectivity index (χ2v) is 6.48. The van der Waals surface area contributed by atoms with Crippen molar-refractivity contribution in [2.45, 2.75) is 12.8 Å². The van der Waals surface area contributed by atoms with Crippen LogP contribution in [0.4, 0.5) is 5.69 Å². The monoisotopic (exact) mass is 505 g/mol. The van der Waals surface area contributed by atoms with E-state index >= 15 is 0 Å². The van der Waals surface area contributed by atoms with Crippen molar-refractivity contribution in [3.63, 3.8) is 0 Å². The Balaban J connectivity index is 0.00000240. The van der Waals surface area contributed by atoms with E-state index in [1.54, 1.807) is 0 Å². The van der Waals surface area contributed by atoms with E-state index in [4.69, 9.17) is 15.2 Å². The highest BCUT2D eigenvalue weighted by Crippen LogP contribution is 2.32. The third-order valence-corrected chi connectivity index (χ3v) is 4.36. The molecule has 152 valence electrons. The van der Waals surface area contributed by atoms with Crippen molar-refractivity contribution in [2.75, 3.05) is 25.1 Å². The second-order valence-electron chi connectivity index (χ2n) is 6.48. The van der Waals surface area contributed by atoms with Crippen LogP contribution in [0.3, 0.4) is 0 Å². The summed E-state index contributed by atoms with van der Waals surface area (Å²) in [6, 6.07) is 15.7. The predicted molar refractivity (Wildman–Crippen MR) is 125 cm³/mol. The molecule has 2 aromatic carbocycles. The minimum atomic E-state index is 0. The van der Waals surface area contributed by atoms with E-state index in [1.807, 2.05) is 65.6 Å². The van der Waals surface area contributed by atoms with Crippen LogP contribution in [-0.4, -0.2) is 35.5 Å². The van der Waals surface area contributed by atoms with E-state index in [1.165, 1.54) is 0 Å². The summed E-state index contributed by atoms with van der Waals surface area (Å²) in [5, 5.41) is 7.50. The van der Waals surface area contributed by atoms with E-state index in [-0.39, 0.29) is 24.0 Å². The first-order valence-electron chi connectivity index (χ1n) is 9.33. The Morgan fingerprint density at radius 1 is 1.10 bits per heavy atom. The molecule has 0 saturated heterocycles. The SMILES string of the molecule is I.NC(=NCCc1cnn(-c2ccccc2)c1)Nc1ccc2c(c1)OCCCO2. The molecule has 0 radical (unpaired) electrons. The maximum absolute atomic E-state index is 6.02. The van der Waals surface area contributed by atoms with Gasteiger partial charge in [0, 0.05) is 30.9 Å². The fourth-order valence-electron chi connectivity index (χ4n) is 2.95. The number of anilines is 1. The highest BCUT2D eigenvalue weighted by molar-refractivity contribution is 14.0. The molecule has 1 aliphatic rings. The first-order valence-corrected chi connectivity index (χ1v) is 9.33. The molecule has 0 aliphatic carbocycles. The number of halogens is 1. The first kappa shape index (κ1) is 21.0. The van der Waals surface area contributed by atoms with Crippen LogP contribution in [-0.2, 0) is 6.42 Å². The number of hydrogen-bond donors (Lipinski definition) is 2. The molecule has 0 atom stereocenters. The number of aromatic nitrogens is 2. The summed E-state index contributed by atoms with van der Waals surface area (Å²) >= 11 is 0. The van der Waals surface area contributed by atoms with Crippen LogP contribution in [0.2, 0.25) is 0 Å². The molecule has 1 aliphatic heterocycles. The molecule has 8 heteroatoms. The third-order valence-electron chi connectivity index (χ3n) is 4.36. The summed E-state index contributed by atoms with van der Waals surface area (Å²) in [5.41, 5.74) is 8.98. The summed E-state index contributed by atoms with van der Waals surface area (Å²) in [6.45, 7) is 1.89. The molecule has 7 nitrogen and oxygen atoms in total. The zero-order valence-corrected chi connectivity index (χ0v) is 18.3. The summed E-state index contributed by atoms with van der Waals surface area (Å²) in [5.74, 6) is 1.85. The van der Waals surface area contributed by atoms with Crippen molar-refractivity contribution < 1.29 is 9.47 Å². The molecule has 0 amide bonds. The van der Waals surface area contributed by atoms with Crippen LogP contribution in [0.1, 0.15) is 12.0 Å². The van der Waals surface area contributed by atoms with Gasteiger partial charge in [-0.3, -0.25) is 4.99 Å². The van der Waals surface area contributed by atoms with Gasteiger partial charge in [-0.15, -0.1) is 24.0 Å². The topological polar surface area (TPSA) is 86.7 Å². The average Bonchev–Trinajstić information content (AvgIpc) is 3.06. The van der Waals surface area contributed by atoms with Crippen molar-refractivity contribution in [3.8, 4) is 17.2 Å². The van der Waals surface area contributed by atoms with Gasteiger partial charge in [0.1, 0.15) is 0 Å². The molecular weight excluding hydrogens is 481 g/mol. The van der Waals surface area contributed by atoms with Gasteiger partial charge in [-0.1, -0.05) is 18.2 Å². The lowest BCUT2D eigenvalue weighted by molar-refractivity contribution is 0.297. The zero-order valence-electron chi connectivity index (χ0n) is 16.0. The number of fused-ring (bicyclic) bond motifs is 1. The van der Waals surface area contributed by atoms with E-state index < -0.39 is 0 Å². The maximum atomic E-state index is 6.02. The predicted octanol–water partition coefficient (Wildman–Crippen LogP) is 3.62. The van der Waals surface area contributed by atoms with Gasteiger partial charge < -0.3 is 20.5 Å². The largest absolute Gasteiger partial charge is 0.490 e. The molecule has 0 unspecified atom stereocenters. The Bertz CT molecular complexity index is 959. The average molecular weight is 505 g/mol. The smallest absolute Gasteiger partial charge is 0.193 e. The molecule has 0 spiro atoms. The highest BCUT2D eigenvalue weighted by Gasteiger charge is 2.10. The van der Waals surface area contributed by atoms with Crippen molar-refractivity contribution in [3.05, 3.63) is 66.5 Å². The van der Waals surface area contributed by atoms with Gasteiger partial charge in [-0.25, -0.2) is 4.68 Å². The Labute approximate surface area is 186 Å². The number of guanidine groups is 1. The van der Waals surface area contributed by atoms with E-state index in [9.17, 15) is 0 Å². The molecule has 1 aromatic heterocycles. The van der Waals surface area contributed by atoms with Crippen molar-refractivity contribution in [1.82, 2.24) is 9.78 Å². The summed E-state index contributed by atoms with van der Waals surface area (Å²) < 4.78 is 13.2. The van der Waals surface area contributed by atoms with Crippen LogP contribution in [0.25, 0.3) is 5.69 Å². The number of rotatable bonds is 5. The minimum absolute atomic E-state index is 0. The molecule has 29 heavy (non-hydrogen) atoms. The summed E-state index contributed by atoms with van der Waals surface area (Å²) in [6.07, 6.45) is 5.51. The summed E-state index contributed by atoms with van der Waals surface area (Å²) in [4.78, 5) is 4.40. The number of para-hydroxylation sites is 1. The summed E-state index contributed by atoms with van der Waals surface area (Å²) in [7, 11) is 0. The standard InChI is InChI=1S/C21H23N5O2.HI/c22-21(25-17-7-8-19-20(13-17)28-12-4-11-27-19)23-10-9-16-14-24-26(15-16)18-5-2-1-3-6-18;/h1-3,5-8,13-15H,4,9-12H2,(H3,22,23,25);1H. The van der Waals surface area contributed by atoms with E-state index in [2.05, 4.69) is 15.4 Å². The molecule has 3 N–H and O–H groups in total. The third kappa shape index (κ3) is 5.63. The Hall–Kier alpha value is -2.75.